The molecule has 2 aromatic carbocycles. The number of aromatic nitrogens is 2. The number of benzene rings is 2. The molecule has 0 radical (unpaired) electrons. The molecule has 2 heterocycles. The number of piperazine rings is 1. The van der Waals surface area contributed by atoms with Gasteiger partial charge < -0.3 is 34.1 Å². The van der Waals surface area contributed by atoms with E-state index < -0.39 is 11.4 Å². The van der Waals surface area contributed by atoms with Gasteiger partial charge in [0.2, 0.25) is 0 Å². The molecular formula is C31H39FN4O5. The highest BCUT2D eigenvalue weighted by molar-refractivity contribution is 5.98. The van der Waals surface area contributed by atoms with Crippen LogP contribution >= 0.6 is 0 Å². The number of ether oxygens (including phenoxy) is 3. The maximum atomic E-state index is 14.2. The molecule has 0 unspecified atom stereocenters. The van der Waals surface area contributed by atoms with Crippen LogP contribution in [0.3, 0.4) is 0 Å². The Morgan fingerprint density at radius 1 is 1.17 bits per heavy atom. The van der Waals surface area contributed by atoms with Crippen molar-refractivity contribution >= 4 is 5.91 Å². The van der Waals surface area contributed by atoms with Crippen LogP contribution in [0.15, 0.2) is 54.9 Å². The average molecular weight is 567 g/mol. The Kier molecular flexibility index (Phi) is 9.22. The monoisotopic (exact) mass is 566 g/mol. The molecule has 2 aliphatic rings. The first-order chi connectivity index (χ1) is 19.9. The van der Waals surface area contributed by atoms with E-state index in [4.69, 9.17) is 14.2 Å². The van der Waals surface area contributed by atoms with Crippen molar-refractivity contribution in [3.8, 4) is 22.8 Å². The molecule has 3 aromatic rings. The van der Waals surface area contributed by atoms with Gasteiger partial charge in [-0.15, -0.1) is 0 Å². The van der Waals surface area contributed by atoms with E-state index in [9.17, 15) is 14.3 Å². The number of nitrogens with one attached hydrogen (secondary N) is 1. The number of methoxy groups -OCH3 is 2. The smallest absolute Gasteiger partial charge is 0.275 e. The second kappa shape index (κ2) is 13.0. The number of aliphatic hydroxyl groups is 1. The van der Waals surface area contributed by atoms with Crippen molar-refractivity contribution in [3.05, 3.63) is 66.4 Å². The summed E-state index contributed by atoms with van der Waals surface area (Å²) in [4.78, 5) is 20.7. The van der Waals surface area contributed by atoms with Crippen molar-refractivity contribution < 1.29 is 28.5 Å². The standard InChI is InChI=1S/C31H39FN4O5/c1-39-20-31(38)14-7-6-10-27(31)36-21-34-28(29(36)22-8-4-3-5-9-22)30(37)35-16-15-33-19-24(35)13-17-41-26-18-23(32)11-12-25(26)40-2/h3-5,8-9,11-12,18,21,24,27,33,38H,6-7,10,13-17,19-20H2,1-2H3/t24-,27-,31-/m1/s1. The van der Waals surface area contributed by atoms with Crippen LogP contribution in [0.1, 0.15) is 48.6 Å². The van der Waals surface area contributed by atoms with E-state index in [0.717, 1.165) is 24.8 Å². The Morgan fingerprint density at radius 3 is 2.78 bits per heavy atom. The molecule has 1 aliphatic heterocycles. The first-order valence-electron chi connectivity index (χ1n) is 14.3. The van der Waals surface area contributed by atoms with Gasteiger partial charge in [0.15, 0.2) is 17.2 Å². The van der Waals surface area contributed by atoms with Crippen LogP contribution in [0, 0.1) is 5.82 Å². The lowest BCUT2D eigenvalue weighted by Gasteiger charge is -2.41. The van der Waals surface area contributed by atoms with Gasteiger partial charge >= 0.3 is 0 Å². The second-order valence-electron chi connectivity index (χ2n) is 10.8. The number of imidazole rings is 1. The predicted molar refractivity (Wildman–Crippen MR) is 153 cm³/mol. The fourth-order valence-corrected chi connectivity index (χ4v) is 6.15. The summed E-state index contributed by atoms with van der Waals surface area (Å²) in [5.74, 6) is 0.213. The van der Waals surface area contributed by atoms with Crippen molar-refractivity contribution in [2.24, 2.45) is 0 Å². The van der Waals surface area contributed by atoms with E-state index in [1.165, 1.54) is 25.3 Å². The van der Waals surface area contributed by atoms with Gasteiger partial charge in [-0.2, -0.15) is 0 Å². The molecule has 9 nitrogen and oxygen atoms in total. The van der Waals surface area contributed by atoms with Crippen molar-refractivity contribution in [2.75, 3.05) is 47.1 Å². The first kappa shape index (κ1) is 29.0. The topological polar surface area (TPSA) is 98.1 Å². The third-order valence-electron chi connectivity index (χ3n) is 8.18. The van der Waals surface area contributed by atoms with Crippen LogP contribution in [0.4, 0.5) is 4.39 Å². The summed E-state index contributed by atoms with van der Waals surface area (Å²) in [6, 6.07) is 13.5. The largest absolute Gasteiger partial charge is 0.493 e. The van der Waals surface area contributed by atoms with E-state index in [-0.39, 0.29) is 31.2 Å². The van der Waals surface area contributed by atoms with Crippen LogP contribution in [-0.2, 0) is 4.74 Å². The summed E-state index contributed by atoms with van der Waals surface area (Å²) in [6.45, 7) is 2.28. The normalized spacial score (nSPS) is 22.9. The quantitative estimate of drug-likeness (QED) is 0.382. The summed E-state index contributed by atoms with van der Waals surface area (Å²) in [7, 11) is 3.11. The maximum absolute atomic E-state index is 14.2. The van der Waals surface area contributed by atoms with Crippen LogP contribution in [0.25, 0.3) is 11.3 Å². The molecule has 1 amide bonds. The Balaban J connectivity index is 1.42. The van der Waals surface area contributed by atoms with Gasteiger partial charge in [-0.1, -0.05) is 43.2 Å². The third kappa shape index (κ3) is 6.24. The highest BCUT2D eigenvalue weighted by Gasteiger charge is 2.42. The molecule has 5 rings (SSSR count). The van der Waals surface area contributed by atoms with Crippen LogP contribution in [0.5, 0.6) is 11.5 Å². The number of nitrogens with zero attached hydrogens (tertiary/aromatic N) is 3. The van der Waals surface area contributed by atoms with Gasteiger partial charge in [-0.05, 0) is 25.0 Å². The highest BCUT2D eigenvalue weighted by Crippen LogP contribution is 2.41. The van der Waals surface area contributed by atoms with E-state index in [2.05, 4.69) is 10.3 Å². The molecule has 1 aliphatic carbocycles. The summed E-state index contributed by atoms with van der Waals surface area (Å²) >= 11 is 0. The van der Waals surface area contributed by atoms with Gasteiger partial charge in [0.05, 0.1) is 38.4 Å². The zero-order chi connectivity index (χ0) is 28.8. The van der Waals surface area contributed by atoms with E-state index in [0.29, 0.717) is 55.4 Å². The minimum Gasteiger partial charge on any atom is -0.493 e. The molecule has 2 N–H and O–H groups in total. The molecule has 2 fully saturated rings. The SMILES string of the molecule is COC[C@]1(O)CCCC[C@H]1n1cnc(C(=O)N2CCNC[C@H]2CCOc2cc(F)ccc2OC)c1-c1ccccc1. The summed E-state index contributed by atoms with van der Waals surface area (Å²) < 4.78 is 32.4. The molecule has 41 heavy (non-hydrogen) atoms. The molecule has 10 heteroatoms. The van der Waals surface area contributed by atoms with Gasteiger partial charge in [-0.25, -0.2) is 9.37 Å². The predicted octanol–water partition coefficient (Wildman–Crippen LogP) is 4.07. The molecule has 0 bridgehead atoms. The molecule has 0 spiro atoms. The summed E-state index contributed by atoms with van der Waals surface area (Å²) in [5, 5.41) is 15.0. The fourth-order valence-electron chi connectivity index (χ4n) is 6.15. The van der Waals surface area contributed by atoms with Crippen molar-refractivity contribution in [1.29, 1.82) is 0 Å². The number of rotatable bonds is 10. The Morgan fingerprint density at radius 2 is 2.00 bits per heavy atom. The Bertz CT molecular complexity index is 1320. The van der Waals surface area contributed by atoms with Crippen LogP contribution in [-0.4, -0.2) is 84.2 Å². The molecule has 220 valence electrons. The van der Waals surface area contributed by atoms with E-state index >= 15 is 0 Å². The molecule has 1 saturated carbocycles. The minimum atomic E-state index is -1.05. The van der Waals surface area contributed by atoms with Crippen LogP contribution < -0.4 is 14.8 Å². The lowest BCUT2D eigenvalue weighted by atomic mass is 9.80. The van der Waals surface area contributed by atoms with Gasteiger partial charge in [0, 0.05) is 50.8 Å². The zero-order valence-electron chi connectivity index (χ0n) is 23.7. The summed E-state index contributed by atoms with van der Waals surface area (Å²) in [6.07, 6.45) is 5.52. The van der Waals surface area contributed by atoms with Crippen LogP contribution in [0.2, 0.25) is 0 Å². The number of hydrogen-bond acceptors (Lipinski definition) is 7. The number of carbonyl (C=O) groups is 1. The Labute approximate surface area is 240 Å². The zero-order valence-corrected chi connectivity index (χ0v) is 23.7. The lowest BCUT2D eigenvalue weighted by Crippen LogP contribution is -2.54. The van der Waals surface area contributed by atoms with Gasteiger partial charge in [0.25, 0.3) is 5.91 Å². The van der Waals surface area contributed by atoms with Gasteiger partial charge in [-0.3, -0.25) is 4.79 Å². The van der Waals surface area contributed by atoms with E-state index in [1.807, 2.05) is 39.8 Å². The second-order valence-corrected chi connectivity index (χ2v) is 10.8. The van der Waals surface area contributed by atoms with E-state index in [1.54, 1.807) is 13.4 Å². The lowest BCUT2D eigenvalue weighted by molar-refractivity contribution is -0.0893. The average Bonchev–Trinajstić information content (AvgIpc) is 3.43. The number of halogens is 1. The third-order valence-corrected chi connectivity index (χ3v) is 8.18. The number of amides is 1. The molecule has 3 atom stereocenters. The number of hydrogen-bond donors (Lipinski definition) is 2. The summed E-state index contributed by atoms with van der Waals surface area (Å²) in [5.41, 5.74) is 0.882. The molecular weight excluding hydrogens is 527 g/mol. The fraction of sp³-hybridized carbons (Fsp3) is 0.484. The maximum Gasteiger partial charge on any atom is 0.275 e. The number of carbonyl (C=O) groups excluding carboxylic acids is 1. The molecule has 1 aromatic heterocycles. The van der Waals surface area contributed by atoms with Gasteiger partial charge in [0.1, 0.15) is 11.4 Å². The Hall–Kier alpha value is -3.47. The van der Waals surface area contributed by atoms with Crippen molar-refractivity contribution in [1.82, 2.24) is 19.8 Å². The molecule has 1 saturated heterocycles. The first-order valence-corrected chi connectivity index (χ1v) is 14.3. The van der Waals surface area contributed by atoms with Crippen molar-refractivity contribution in [3.63, 3.8) is 0 Å². The minimum absolute atomic E-state index is 0.148. The highest BCUT2D eigenvalue weighted by atomic mass is 19.1. The van der Waals surface area contributed by atoms with Crippen molar-refractivity contribution in [2.45, 2.75) is 49.8 Å².